The normalized spacial score (nSPS) is 24.2. The number of carbonyl (C=O) groups excluding carboxylic acids is 1. The second-order valence-electron chi connectivity index (χ2n) is 5.39. The van der Waals surface area contributed by atoms with Crippen molar-refractivity contribution in [3.63, 3.8) is 0 Å². The van der Waals surface area contributed by atoms with Crippen LogP contribution in [-0.2, 0) is 9.53 Å². The molecule has 1 saturated heterocycles. The molecule has 0 spiro atoms. The fourth-order valence-corrected chi connectivity index (χ4v) is 2.95. The van der Waals surface area contributed by atoms with Gasteiger partial charge in [-0.15, -0.1) is 0 Å². The predicted octanol–water partition coefficient (Wildman–Crippen LogP) is 2.25. The molecule has 1 N–H and O–H groups in total. The average Bonchev–Trinajstić information content (AvgIpc) is 2.59. The molecule has 102 valence electrons. The lowest BCUT2D eigenvalue weighted by Crippen LogP contribution is -2.48. The van der Waals surface area contributed by atoms with Gasteiger partial charge in [0.25, 0.3) is 0 Å². The van der Waals surface area contributed by atoms with Crippen molar-refractivity contribution in [2.45, 2.75) is 44.9 Å². The van der Waals surface area contributed by atoms with Crippen LogP contribution >= 0.6 is 0 Å². The van der Waals surface area contributed by atoms with Crippen LogP contribution in [-0.4, -0.2) is 41.8 Å². The van der Waals surface area contributed by atoms with Gasteiger partial charge in [-0.2, -0.15) is 0 Å². The smallest absolute Gasteiger partial charge is 0.409 e. The lowest BCUT2D eigenvalue weighted by Gasteiger charge is -2.35. The summed E-state index contributed by atoms with van der Waals surface area (Å²) in [7, 11) is 0. The molecule has 5 heteroatoms. The summed E-state index contributed by atoms with van der Waals surface area (Å²) >= 11 is 0. The summed E-state index contributed by atoms with van der Waals surface area (Å²) in [5.41, 5.74) is -0.757. The third-order valence-electron chi connectivity index (χ3n) is 4.06. The van der Waals surface area contributed by atoms with E-state index in [1.54, 1.807) is 4.90 Å². The molecule has 18 heavy (non-hydrogen) atoms. The highest BCUT2D eigenvalue weighted by Gasteiger charge is 2.41. The predicted molar refractivity (Wildman–Crippen MR) is 65.3 cm³/mol. The van der Waals surface area contributed by atoms with Crippen LogP contribution in [0.3, 0.4) is 0 Å². The van der Waals surface area contributed by atoms with Gasteiger partial charge in [-0.05, 0) is 19.3 Å². The van der Waals surface area contributed by atoms with Crippen LogP contribution in [0.1, 0.15) is 44.9 Å². The molecule has 2 aliphatic rings. The molecule has 2 fully saturated rings. The highest BCUT2D eigenvalue weighted by atomic mass is 16.6. The molecule has 0 atom stereocenters. The monoisotopic (exact) mass is 255 g/mol. The first-order chi connectivity index (χ1) is 8.64. The summed E-state index contributed by atoms with van der Waals surface area (Å²) in [4.78, 5) is 24.8. The molecule has 0 radical (unpaired) electrons. The zero-order valence-corrected chi connectivity index (χ0v) is 10.7. The Kier molecular flexibility index (Phi) is 4.09. The molecular formula is C13H21NO4. The van der Waals surface area contributed by atoms with E-state index in [1.165, 1.54) is 0 Å². The lowest BCUT2D eigenvalue weighted by atomic mass is 9.80. The molecule has 1 aliphatic heterocycles. The number of hydrogen-bond acceptors (Lipinski definition) is 3. The molecular weight excluding hydrogens is 234 g/mol. The fraction of sp³-hybridized carbons (Fsp3) is 0.846. The van der Waals surface area contributed by atoms with Crippen LogP contribution in [0, 0.1) is 5.41 Å². The van der Waals surface area contributed by atoms with Gasteiger partial charge in [0.05, 0.1) is 12.0 Å². The second kappa shape index (κ2) is 5.59. The van der Waals surface area contributed by atoms with Crippen LogP contribution in [0.25, 0.3) is 0 Å². The quantitative estimate of drug-likeness (QED) is 0.785. The number of carboxylic acid groups (broad SMARTS) is 1. The van der Waals surface area contributed by atoms with Gasteiger partial charge >= 0.3 is 12.1 Å². The van der Waals surface area contributed by atoms with Crippen molar-refractivity contribution in [2.75, 3.05) is 19.7 Å². The van der Waals surface area contributed by atoms with Crippen molar-refractivity contribution in [1.29, 1.82) is 0 Å². The minimum atomic E-state index is -0.761. The van der Waals surface area contributed by atoms with E-state index >= 15 is 0 Å². The summed E-state index contributed by atoms with van der Waals surface area (Å²) in [6, 6.07) is 0. The van der Waals surface area contributed by atoms with Gasteiger partial charge < -0.3 is 14.7 Å². The van der Waals surface area contributed by atoms with Gasteiger partial charge in [0.1, 0.15) is 0 Å². The molecule has 0 unspecified atom stereocenters. The summed E-state index contributed by atoms with van der Waals surface area (Å²) in [5, 5.41) is 9.55. The van der Waals surface area contributed by atoms with Crippen LogP contribution in [0.15, 0.2) is 0 Å². The van der Waals surface area contributed by atoms with Gasteiger partial charge in [0.2, 0.25) is 0 Å². The Hall–Kier alpha value is -1.26. The van der Waals surface area contributed by atoms with Crippen molar-refractivity contribution >= 4 is 12.1 Å². The summed E-state index contributed by atoms with van der Waals surface area (Å²) in [5.74, 6) is -0.761. The van der Waals surface area contributed by atoms with Crippen LogP contribution in [0.5, 0.6) is 0 Å². The van der Waals surface area contributed by atoms with E-state index in [4.69, 9.17) is 4.74 Å². The van der Waals surface area contributed by atoms with Gasteiger partial charge in [0, 0.05) is 13.1 Å². The molecule has 1 aliphatic carbocycles. The SMILES string of the molecule is O=C1OCCCN1CC1(C(=O)O)CCCCCC1. The summed E-state index contributed by atoms with van der Waals surface area (Å²) in [6.45, 7) is 1.38. The Morgan fingerprint density at radius 1 is 1.22 bits per heavy atom. The molecule has 1 heterocycles. The maximum Gasteiger partial charge on any atom is 0.409 e. The highest BCUT2D eigenvalue weighted by molar-refractivity contribution is 5.76. The Bertz CT molecular complexity index is 321. The van der Waals surface area contributed by atoms with Gasteiger partial charge in [0.15, 0.2) is 0 Å². The van der Waals surface area contributed by atoms with Crippen molar-refractivity contribution < 1.29 is 19.4 Å². The molecule has 2 rings (SSSR count). The van der Waals surface area contributed by atoms with E-state index in [0.717, 1.165) is 32.1 Å². The van der Waals surface area contributed by atoms with Gasteiger partial charge in [-0.1, -0.05) is 25.7 Å². The number of amides is 1. The first kappa shape index (κ1) is 13.2. The van der Waals surface area contributed by atoms with Crippen LogP contribution in [0.4, 0.5) is 4.79 Å². The Morgan fingerprint density at radius 3 is 2.44 bits per heavy atom. The zero-order chi connectivity index (χ0) is 13.0. The van der Waals surface area contributed by atoms with E-state index in [0.29, 0.717) is 32.5 Å². The third-order valence-corrected chi connectivity index (χ3v) is 4.06. The molecule has 0 aromatic rings. The van der Waals surface area contributed by atoms with E-state index in [2.05, 4.69) is 0 Å². The van der Waals surface area contributed by atoms with E-state index in [9.17, 15) is 14.7 Å². The number of cyclic esters (lactones) is 1. The van der Waals surface area contributed by atoms with Gasteiger partial charge in [-0.3, -0.25) is 4.79 Å². The third kappa shape index (κ3) is 2.76. The average molecular weight is 255 g/mol. The standard InChI is InChI=1S/C13H21NO4/c15-11(16)13(6-3-1-2-4-7-13)10-14-8-5-9-18-12(14)17/h1-10H2,(H,15,16). The number of carboxylic acids is 1. The van der Waals surface area contributed by atoms with Crippen LogP contribution < -0.4 is 0 Å². The second-order valence-corrected chi connectivity index (χ2v) is 5.39. The topological polar surface area (TPSA) is 66.8 Å². The first-order valence-corrected chi connectivity index (χ1v) is 6.79. The minimum absolute atomic E-state index is 0.307. The Balaban J connectivity index is 2.09. The lowest BCUT2D eigenvalue weighted by molar-refractivity contribution is -0.151. The maximum absolute atomic E-state index is 11.6. The Morgan fingerprint density at radius 2 is 1.89 bits per heavy atom. The highest BCUT2D eigenvalue weighted by Crippen LogP contribution is 2.36. The number of carbonyl (C=O) groups is 2. The van der Waals surface area contributed by atoms with Crippen molar-refractivity contribution in [2.24, 2.45) is 5.41 Å². The minimum Gasteiger partial charge on any atom is -0.481 e. The van der Waals surface area contributed by atoms with Crippen molar-refractivity contribution in [3.05, 3.63) is 0 Å². The molecule has 0 bridgehead atoms. The number of rotatable bonds is 3. The summed E-state index contributed by atoms with van der Waals surface area (Å²) < 4.78 is 4.98. The first-order valence-electron chi connectivity index (χ1n) is 6.79. The molecule has 0 aromatic heterocycles. The number of ether oxygens (including phenoxy) is 1. The number of aliphatic carboxylic acids is 1. The van der Waals surface area contributed by atoms with E-state index < -0.39 is 11.4 Å². The largest absolute Gasteiger partial charge is 0.481 e. The molecule has 0 aromatic carbocycles. The van der Waals surface area contributed by atoms with E-state index in [1.807, 2.05) is 0 Å². The number of nitrogens with zero attached hydrogens (tertiary/aromatic N) is 1. The molecule has 5 nitrogen and oxygen atoms in total. The Labute approximate surface area is 107 Å². The fourth-order valence-electron chi connectivity index (χ4n) is 2.95. The maximum atomic E-state index is 11.6. The van der Waals surface area contributed by atoms with Crippen LogP contribution in [0.2, 0.25) is 0 Å². The van der Waals surface area contributed by atoms with Crippen molar-refractivity contribution in [3.8, 4) is 0 Å². The van der Waals surface area contributed by atoms with Gasteiger partial charge in [-0.25, -0.2) is 4.79 Å². The van der Waals surface area contributed by atoms with Crippen molar-refractivity contribution in [1.82, 2.24) is 4.90 Å². The number of hydrogen-bond donors (Lipinski definition) is 1. The summed E-state index contributed by atoms with van der Waals surface area (Å²) in [6.07, 6.45) is 5.86. The zero-order valence-electron chi connectivity index (χ0n) is 10.7. The van der Waals surface area contributed by atoms with E-state index in [-0.39, 0.29) is 6.09 Å². The molecule has 1 saturated carbocycles. The molecule has 1 amide bonds.